The lowest BCUT2D eigenvalue weighted by atomic mass is 9.78. The first-order valence-corrected chi connectivity index (χ1v) is 9.82. The SMILES string of the molecule is Cc1ccc(-c2[nH]nc3c2C(c2cccs2)C2=C(CCCC2=O)N3)cc1. The Labute approximate surface area is 156 Å². The number of carbonyl (C=O) groups excluding carboxylic acids is 1. The van der Waals surface area contributed by atoms with Gasteiger partial charge in [0.2, 0.25) is 0 Å². The molecule has 26 heavy (non-hydrogen) atoms. The van der Waals surface area contributed by atoms with Crippen molar-refractivity contribution in [2.45, 2.75) is 32.1 Å². The van der Waals surface area contributed by atoms with Crippen molar-refractivity contribution in [3.63, 3.8) is 0 Å². The van der Waals surface area contributed by atoms with Gasteiger partial charge in [0.15, 0.2) is 11.6 Å². The summed E-state index contributed by atoms with van der Waals surface area (Å²) in [6.07, 6.45) is 2.46. The number of hydrogen-bond donors (Lipinski definition) is 2. The highest BCUT2D eigenvalue weighted by molar-refractivity contribution is 7.10. The van der Waals surface area contributed by atoms with E-state index in [9.17, 15) is 4.79 Å². The number of fused-ring (bicyclic) bond motifs is 1. The molecule has 0 amide bonds. The van der Waals surface area contributed by atoms with Gasteiger partial charge in [-0.05, 0) is 36.8 Å². The first-order chi connectivity index (χ1) is 12.7. The number of hydrogen-bond acceptors (Lipinski definition) is 4. The zero-order chi connectivity index (χ0) is 17.7. The third-order valence-electron chi connectivity index (χ3n) is 5.27. The van der Waals surface area contributed by atoms with Gasteiger partial charge in [0.1, 0.15) is 0 Å². The van der Waals surface area contributed by atoms with E-state index in [0.29, 0.717) is 6.42 Å². The van der Waals surface area contributed by atoms with Crippen molar-refractivity contribution >= 4 is 22.9 Å². The third kappa shape index (κ3) is 2.35. The smallest absolute Gasteiger partial charge is 0.161 e. The van der Waals surface area contributed by atoms with E-state index in [-0.39, 0.29) is 11.7 Å². The fraction of sp³-hybridized carbons (Fsp3) is 0.238. The van der Waals surface area contributed by atoms with E-state index < -0.39 is 0 Å². The van der Waals surface area contributed by atoms with E-state index in [1.165, 1.54) is 10.4 Å². The number of thiophene rings is 1. The summed E-state index contributed by atoms with van der Waals surface area (Å²) in [6.45, 7) is 2.08. The van der Waals surface area contributed by atoms with Crippen LogP contribution in [0.3, 0.4) is 0 Å². The second kappa shape index (κ2) is 5.95. The van der Waals surface area contributed by atoms with Crippen LogP contribution in [-0.4, -0.2) is 16.0 Å². The van der Waals surface area contributed by atoms with E-state index in [0.717, 1.165) is 46.8 Å². The van der Waals surface area contributed by atoms with Crippen LogP contribution in [-0.2, 0) is 4.79 Å². The van der Waals surface area contributed by atoms with Gasteiger partial charge in [0.05, 0.1) is 11.6 Å². The summed E-state index contributed by atoms with van der Waals surface area (Å²) in [4.78, 5) is 14.0. The minimum absolute atomic E-state index is 0.0379. The van der Waals surface area contributed by atoms with E-state index in [2.05, 4.69) is 64.2 Å². The molecule has 1 aliphatic heterocycles. The van der Waals surface area contributed by atoms with Crippen molar-refractivity contribution in [3.05, 3.63) is 69.1 Å². The molecule has 1 unspecified atom stereocenters. The lowest BCUT2D eigenvalue weighted by molar-refractivity contribution is -0.116. The highest BCUT2D eigenvalue weighted by Gasteiger charge is 2.38. The zero-order valence-corrected chi connectivity index (χ0v) is 15.3. The maximum atomic E-state index is 12.8. The van der Waals surface area contributed by atoms with Crippen LogP contribution in [0.1, 0.15) is 41.2 Å². The van der Waals surface area contributed by atoms with Gasteiger partial charge in [-0.1, -0.05) is 35.9 Å². The molecule has 3 aromatic rings. The molecule has 130 valence electrons. The molecule has 1 atom stereocenters. The number of H-pyrrole nitrogens is 1. The van der Waals surface area contributed by atoms with Crippen LogP contribution >= 0.6 is 11.3 Å². The molecular formula is C21H19N3OS. The van der Waals surface area contributed by atoms with Crippen LogP contribution in [0.5, 0.6) is 0 Å². The van der Waals surface area contributed by atoms with Crippen LogP contribution in [0.2, 0.25) is 0 Å². The summed E-state index contributed by atoms with van der Waals surface area (Å²) in [6, 6.07) is 12.6. The number of aromatic nitrogens is 2. The van der Waals surface area contributed by atoms with Crippen molar-refractivity contribution in [1.82, 2.24) is 10.2 Å². The molecule has 5 rings (SSSR count). The third-order valence-corrected chi connectivity index (χ3v) is 6.21. The second-order valence-corrected chi connectivity index (χ2v) is 7.95. The lowest BCUT2D eigenvalue weighted by Gasteiger charge is -2.31. The number of anilines is 1. The molecule has 2 N–H and O–H groups in total. The predicted octanol–water partition coefficient (Wildman–Crippen LogP) is 5.01. The molecular weight excluding hydrogens is 342 g/mol. The van der Waals surface area contributed by atoms with E-state index >= 15 is 0 Å². The monoisotopic (exact) mass is 361 g/mol. The Kier molecular flexibility index (Phi) is 3.57. The van der Waals surface area contributed by atoms with Crippen LogP contribution in [0.25, 0.3) is 11.3 Å². The molecule has 0 radical (unpaired) electrons. The Bertz CT molecular complexity index is 1010. The lowest BCUT2D eigenvalue weighted by Crippen LogP contribution is -2.26. The highest BCUT2D eigenvalue weighted by atomic mass is 32.1. The summed E-state index contributed by atoms with van der Waals surface area (Å²) in [5, 5.41) is 13.3. The molecule has 0 saturated carbocycles. The summed E-state index contributed by atoms with van der Waals surface area (Å²) in [5.41, 5.74) is 6.39. The Morgan fingerprint density at radius 2 is 2.00 bits per heavy atom. The number of nitrogens with one attached hydrogen (secondary N) is 2. The summed E-state index contributed by atoms with van der Waals surface area (Å²) in [5.74, 6) is 1.08. The molecule has 0 spiro atoms. The fourth-order valence-corrected chi connectivity index (χ4v) is 4.87. The number of aryl methyl sites for hydroxylation is 1. The van der Waals surface area contributed by atoms with Crippen molar-refractivity contribution in [3.8, 4) is 11.3 Å². The molecule has 0 fully saturated rings. The molecule has 5 heteroatoms. The first kappa shape index (κ1) is 15.6. The maximum absolute atomic E-state index is 12.8. The van der Waals surface area contributed by atoms with Crippen LogP contribution in [0, 0.1) is 6.92 Å². The zero-order valence-electron chi connectivity index (χ0n) is 14.5. The molecule has 3 heterocycles. The summed E-state index contributed by atoms with van der Waals surface area (Å²) in [7, 11) is 0. The Morgan fingerprint density at radius 1 is 1.15 bits per heavy atom. The number of Topliss-reactive ketones (excluding diaryl/α,β-unsaturated/α-hetero) is 1. The number of benzene rings is 1. The number of allylic oxidation sites excluding steroid dienone is 2. The van der Waals surface area contributed by atoms with E-state index in [1.54, 1.807) is 11.3 Å². The predicted molar refractivity (Wildman–Crippen MR) is 104 cm³/mol. The Balaban J connectivity index is 1.73. The topological polar surface area (TPSA) is 57.8 Å². The number of aromatic amines is 1. The van der Waals surface area contributed by atoms with Crippen molar-refractivity contribution in [1.29, 1.82) is 0 Å². The highest BCUT2D eigenvalue weighted by Crippen LogP contribution is 2.48. The maximum Gasteiger partial charge on any atom is 0.161 e. The van der Waals surface area contributed by atoms with Gasteiger partial charge in [-0.3, -0.25) is 9.89 Å². The fourth-order valence-electron chi connectivity index (χ4n) is 4.02. The van der Waals surface area contributed by atoms with Gasteiger partial charge in [-0.15, -0.1) is 11.3 Å². The van der Waals surface area contributed by atoms with Gasteiger partial charge in [-0.25, -0.2) is 0 Å². The summed E-state index contributed by atoms with van der Waals surface area (Å²) < 4.78 is 0. The van der Waals surface area contributed by atoms with Gasteiger partial charge in [0.25, 0.3) is 0 Å². The number of carbonyl (C=O) groups is 1. The summed E-state index contributed by atoms with van der Waals surface area (Å²) >= 11 is 1.70. The Hall–Kier alpha value is -2.66. The molecule has 0 saturated heterocycles. The normalized spacial score (nSPS) is 19.1. The molecule has 2 aromatic heterocycles. The average molecular weight is 361 g/mol. The molecule has 0 bridgehead atoms. The largest absolute Gasteiger partial charge is 0.342 e. The Morgan fingerprint density at radius 3 is 2.77 bits per heavy atom. The minimum Gasteiger partial charge on any atom is -0.342 e. The van der Waals surface area contributed by atoms with Crippen LogP contribution in [0.4, 0.5) is 5.82 Å². The van der Waals surface area contributed by atoms with Crippen molar-refractivity contribution in [2.75, 3.05) is 5.32 Å². The molecule has 4 nitrogen and oxygen atoms in total. The number of ketones is 1. The molecule has 1 aliphatic carbocycles. The second-order valence-electron chi connectivity index (χ2n) is 6.97. The standard InChI is InChI=1S/C21H19N3OS/c1-12-7-9-13(10-8-12)20-19-18(16-6-3-11-26-16)17-14(4-2-5-15(17)25)22-21(19)24-23-20/h3,6-11,18H,2,4-5H2,1H3,(H2,22,23,24). The van der Waals surface area contributed by atoms with E-state index in [4.69, 9.17) is 0 Å². The minimum atomic E-state index is -0.0379. The van der Waals surface area contributed by atoms with Crippen LogP contribution < -0.4 is 5.32 Å². The van der Waals surface area contributed by atoms with Crippen LogP contribution in [0.15, 0.2) is 53.0 Å². The van der Waals surface area contributed by atoms with Gasteiger partial charge in [-0.2, -0.15) is 5.10 Å². The molecule has 1 aromatic carbocycles. The van der Waals surface area contributed by atoms with Crippen molar-refractivity contribution in [2.24, 2.45) is 0 Å². The number of rotatable bonds is 2. The quantitative estimate of drug-likeness (QED) is 0.674. The van der Waals surface area contributed by atoms with Crippen molar-refractivity contribution < 1.29 is 4.79 Å². The van der Waals surface area contributed by atoms with Gasteiger partial charge >= 0.3 is 0 Å². The first-order valence-electron chi connectivity index (χ1n) is 8.94. The number of nitrogens with zero attached hydrogens (tertiary/aromatic N) is 1. The molecule has 2 aliphatic rings. The van der Waals surface area contributed by atoms with Gasteiger partial charge < -0.3 is 5.32 Å². The van der Waals surface area contributed by atoms with E-state index in [1.807, 2.05) is 0 Å². The average Bonchev–Trinajstić information content (AvgIpc) is 3.31. The van der Waals surface area contributed by atoms with Gasteiger partial charge in [0, 0.05) is 28.1 Å².